The van der Waals surface area contributed by atoms with Gasteiger partial charge in [-0.3, -0.25) is 0 Å². The zero-order chi connectivity index (χ0) is 14.0. The number of hydrogen-bond acceptors (Lipinski definition) is 4. The van der Waals surface area contributed by atoms with Gasteiger partial charge in [0, 0.05) is 13.1 Å². The van der Waals surface area contributed by atoms with Crippen molar-refractivity contribution in [3.05, 3.63) is 29.3 Å². The maximum Gasteiger partial charge on any atom is 0.183 e. The predicted molar refractivity (Wildman–Crippen MR) is 64.7 cm³/mol. The molecule has 0 bridgehead atoms. The van der Waals surface area contributed by atoms with Gasteiger partial charge in [-0.25, -0.2) is 8.78 Å². The third kappa shape index (κ3) is 2.67. The van der Waals surface area contributed by atoms with Crippen LogP contribution in [0, 0.1) is 23.0 Å². The van der Waals surface area contributed by atoms with E-state index in [-0.39, 0.29) is 30.5 Å². The van der Waals surface area contributed by atoms with Crippen LogP contribution in [-0.4, -0.2) is 37.0 Å². The van der Waals surface area contributed by atoms with Gasteiger partial charge < -0.3 is 14.7 Å². The molecule has 1 N–H and O–H groups in total. The molecule has 19 heavy (non-hydrogen) atoms. The van der Waals surface area contributed by atoms with Crippen molar-refractivity contribution in [1.82, 2.24) is 0 Å². The van der Waals surface area contributed by atoms with Gasteiger partial charge in [-0.05, 0) is 19.1 Å². The molecule has 1 aliphatic rings. The molecule has 4 nitrogen and oxygen atoms in total. The van der Waals surface area contributed by atoms with E-state index in [2.05, 4.69) is 0 Å². The Kier molecular flexibility index (Phi) is 3.98. The smallest absolute Gasteiger partial charge is 0.183 e. The van der Waals surface area contributed by atoms with E-state index in [9.17, 15) is 8.78 Å². The van der Waals surface area contributed by atoms with Crippen LogP contribution in [0.3, 0.4) is 0 Å². The first kappa shape index (κ1) is 13.7. The van der Waals surface area contributed by atoms with Gasteiger partial charge in [-0.1, -0.05) is 0 Å². The Morgan fingerprint density at radius 3 is 2.79 bits per heavy atom. The summed E-state index contributed by atoms with van der Waals surface area (Å²) in [6.45, 7) is 2.30. The number of nitrogens with zero attached hydrogens (tertiary/aromatic N) is 2. The maximum atomic E-state index is 13.9. The van der Waals surface area contributed by atoms with E-state index in [0.717, 1.165) is 0 Å². The molecule has 2 atom stereocenters. The van der Waals surface area contributed by atoms with E-state index < -0.39 is 17.7 Å². The largest absolute Gasteiger partial charge is 0.394 e. The van der Waals surface area contributed by atoms with Crippen LogP contribution >= 0.6 is 0 Å². The average molecular weight is 268 g/mol. The number of halogens is 2. The van der Waals surface area contributed by atoms with Crippen LogP contribution in [0.25, 0.3) is 0 Å². The van der Waals surface area contributed by atoms with Crippen molar-refractivity contribution >= 4 is 5.69 Å². The topological polar surface area (TPSA) is 56.5 Å². The summed E-state index contributed by atoms with van der Waals surface area (Å²) in [6, 6.07) is 4.23. The van der Waals surface area contributed by atoms with Gasteiger partial charge in [0.05, 0.1) is 30.1 Å². The average Bonchev–Trinajstić information content (AvgIpc) is 2.41. The Bertz CT molecular complexity index is 516. The fourth-order valence-corrected chi connectivity index (χ4v) is 2.21. The summed E-state index contributed by atoms with van der Waals surface area (Å²) >= 11 is 0. The van der Waals surface area contributed by atoms with Crippen LogP contribution < -0.4 is 4.90 Å². The van der Waals surface area contributed by atoms with E-state index in [0.29, 0.717) is 6.54 Å². The van der Waals surface area contributed by atoms with Crippen molar-refractivity contribution in [1.29, 1.82) is 5.26 Å². The summed E-state index contributed by atoms with van der Waals surface area (Å²) in [5.41, 5.74) is -0.230. The fourth-order valence-electron chi connectivity index (χ4n) is 2.21. The number of aliphatic hydroxyl groups excluding tert-OH is 1. The summed E-state index contributed by atoms with van der Waals surface area (Å²) in [6.07, 6.45) is -0.620. The summed E-state index contributed by atoms with van der Waals surface area (Å²) in [7, 11) is 0. The van der Waals surface area contributed by atoms with Gasteiger partial charge in [0.15, 0.2) is 11.6 Å². The fraction of sp³-hybridized carbons (Fsp3) is 0.462. The van der Waals surface area contributed by atoms with E-state index in [1.165, 1.54) is 12.1 Å². The molecule has 0 aromatic heterocycles. The van der Waals surface area contributed by atoms with Gasteiger partial charge in [0.1, 0.15) is 6.07 Å². The molecule has 102 valence electrons. The lowest BCUT2D eigenvalue weighted by molar-refractivity contribution is -0.0422. The van der Waals surface area contributed by atoms with Gasteiger partial charge in [0.25, 0.3) is 0 Å². The first-order valence-corrected chi connectivity index (χ1v) is 5.96. The standard InChI is InChI=1S/C13H14F2N2O2/c1-8-5-17(6-10(7-18)19-8)11-3-2-9(4-16)12(14)13(11)15/h2-3,8,10,18H,5-7H2,1H3. The Hall–Kier alpha value is -1.71. The van der Waals surface area contributed by atoms with Crippen molar-refractivity contribution in [3.8, 4) is 6.07 Å². The van der Waals surface area contributed by atoms with Crippen LogP contribution in [0.15, 0.2) is 12.1 Å². The molecule has 2 unspecified atom stereocenters. The quantitative estimate of drug-likeness (QED) is 0.881. The molecule has 0 radical (unpaired) electrons. The van der Waals surface area contributed by atoms with Crippen LogP contribution in [-0.2, 0) is 4.74 Å². The molecule has 2 rings (SSSR count). The Morgan fingerprint density at radius 2 is 2.16 bits per heavy atom. The van der Waals surface area contributed by atoms with Crippen molar-refractivity contribution in [2.45, 2.75) is 19.1 Å². The lowest BCUT2D eigenvalue weighted by Gasteiger charge is -2.37. The number of rotatable bonds is 2. The minimum atomic E-state index is -1.14. The zero-order valence-electron chi connectivity index (χ0n) is 10.4. The number of aliphatic hydroxyl groups is 1. The SMILES string of the molecule is CC1CN(c2ccc(C#N)c(F)c2F)CC(CO)O1. The van der Waals surface area contributed by atoms with Crippen LogP contribution in [0.4, 0.5) is 14.5 Å². The monoisotopic (exact) mass is 268 g/mol. The van der Waals surface area contributed by atoms with Gasteiger partial charge in [-0.15, -0.1) is 0 Å². The molecule has 1 aliphatic heterocycles. The number of hydrogen-bond donors (Lipinski definition) is 1. The highest BCUT2D eigenvalue weighted by atomic mass is 19.2. The number of nitriles is 1. The molecule has 0 spiro atoms. The molecule has 0 amide bonds. The van der Waals surface area contributed by atoms with Gasteiger partial charge in [-0.2, -0.15) is 5.26 Å². The first-order valence-electron chi connectivity index (χ1n) is 5.96. The number of anilines is 1. The second kappa shape index (κ2) is 5.51. The lowest BCUT2D eigenvalue weighted by Crippen LogP contribution is -2.48. The first-order chi connectivity index (χ1) is 9.06. The van der Waals surface area contributed by atoms with Crippen molar-refractivity contribution < 1.29 is 18.6 Å². The summed E-state index contributed by atoms with van der Waals surface area (Å²) in [4.78, 5) is 1.62. The van der Waals surface area contributed by atoms with Gasteiger partial charge in [0.2, 0.25) is 0 Å². The van der Waals surface area contributed by atoms with Crippen LogP contribution in [0.2, 0.25) is 0 Å². The van der Waals surface area contributed by atoms with E-state index in [1.54, 1.807) is 17.9 Å². The third-order valence-corrected chi connectivity index (χ3v) is 3.05. The van der Waals surface area contributed by atoms with Gasteiger partial charge >= 0.3 is 0 Å². The zero-order valence-corrected chi connectivity index (χ0v) is 10.4. The number of morpholine rings is 1. The van der Waals surface area contributed by atoms with Crippen LogP contribution in [0.5, 0.6) is 0 Å². The lowest BCUT2D eigenvalue weighted by atomic mass is 10.1. The minimum Gasteiger partial charge on any atom is -0.394 e. The van der Waals surface area contributed by atoms with E-state index in [4.69, 9.17) is 15.1 Å². The summed E-state index contributed by atoms with van der Waals surface area (Å²) in [5, 5.41) is 17.8. The Morgan fingerprint density at radius 1 is 1.42 bits per heavy atom. The number of benzene rings is 1. The molecular formula is C13H14F2N2O2. The molecule has 0 aliphatic carbocycles. The van der Waals surface area contributed by atoms with Crippen molar-refractivity contribution in [3.63, 3.8) is 0 Å². The normalized spacial score (nSPS) is 23.2. The Balaban J connectivity index is 2.32. The van der Waals surface area contributed by atoms with Crippen molar-refractivity contribution in [2.24, 2.45) is 0 Å². The molecule has 1 aromatic carbocycles. The molecule has 0 saturated carbocycles. The van der Waals surface area contributed by atoms with E-state index in [1.807, 2.05) is 0 Å². The second-order valence-corrected chi connectivity index (χ2v) is 4.53. The van der Waals surface area contributed by atoms with Crippen molar-refractivity contribution in [2.75, 3.05) is 24.6 Å². The number of ether oxygens (including phenoxy) is 1. The highest BCUT2D eigenvalue weighted by Gasteiger charge is 2.27. The highest BCUT2D eigenvalue weighted by molar-refractivity contribution is 5.52. The summed E-state index contributed by atoms with van der Waals surface area (Å²) < 4.78 is 33.0. The molecular weight excluding hydrogens is 254 g/mol. The minimum absolute atomic E-state index is 0.0881. The summed E-state index contributed by atoms with van der Waals surface area (Å²) in [5.74, 6) is -2.18. The second-order valence-electron chi connectivity index (χ2n) is 4.53. The molecule has 1 heterocycles. The molecule has 1 fully saturated rings. The van der Waals surface area contributed by atoms with Crippen LogP contribution in [0.1, 0.15) is 12.5 Å². The van der Waals surface area contributed by atoms with E-state index >= 15 is 0 Å². The molecule has 1 aromatic rings. The maximum absolute atomic E-state index is 13.9. The predicted octanol–water partition coefficient (Wildman–Crippen LogP) is 1.42. The highest BCUT2D eigenvalue weighted by Crippen LogP contribution is 2.26. The Labute approximate surface area is 109 Å². The molecule has 1 saturated heterocycles. The third-order valence-electron chi connectivity index (χ3n) is 3.05. The molecule has 6 heteroatoms.